The van der Waals surface area contributed by atoms with Crippen LogP contribution in [0.2, 0.25) is 0 Å². The molecule has 34 heavy (non-hydrogen) atoms. The van der Waals surface area contributed by atoms with Crippen LogP contribution in [0.15, 0.2) is 66.4 Å². The van der Waals surface area contributed by atoms with Crippen molar-refractivity contribution in [2.24, 2.45) is 5.92 Å². The number of aromatic nitrogens is 1. The minimum Gasteiger partial charge on any atom is -0.378 e. The molecule has 0 radical (unpaired) electrons. The fourth-order valence-electron chi connectivity index (χ4n) is 4.21. The number of amides is 1. The molecule has 1 saturated heterocycles. The van der Waals surface area contributed by atoms with Gasteiger partial charge in [0.05, 0.1) is 42.6 Å². The van der Waals surface area contributed by atoms with E-state index < -0.39 is 0 Å². The number of carbonyl (C=O) groups excluding carboxylic acids is 1. The Labute approximate surface area is 201 Å². The average molecular weight is 458 g/mol. The van der Waals surface area contributed by atoms with E-state index in [1.54, 1.807) is 0 Å². The van der Waals surface area contributed by atoms with Crippen LogP contribution in [0.25, 0.3) is 0 Å². The lowest BCUT2D eigenvalue weighted by Crippen LogP contribution is -2.36. The lowest BCUT2D eigenvalue weighted by molar-refractivity contribution is -0.118. The highest BCUT2D eigenvalue weighted by atomic mass is 16.5. The summed E-state index contributed by atoms with van der Waals surface area (Å²) in [5.41, 5.74) is 4.01. The molecule has 1 amide bonds. The van der Waals surface area contributed by atoms with Crippen LogP contribution < -0.4 is 15.5 Å². The second-order valence-electron chi connectivity index (χ2n) is 8.51. The van der Waals surface area contributed by atoms with E-state index in [2.05, 4.69) is 38.7 Å². The van der Waals surface area contributed by atoms with Gasteiger partial charge in [-0.25, -0.2) is 4.98 Å². The Morgan fingerprint density at radius 2 is 2.00 bits per heavy atom. The van der Waals surface area contributed by atoms with Crippen LogP contribution in [0, 0.1) is 17.2 Å². The average Bonchev–Trinajstić information content (AvgIpc) is 2.90. The highest BCUT2D eigenvalue weighted by Gasteiger charge is 2.23. The van der Waals surface area contributed by atoms with Gasteiger partial charge in [0, 0.05) is 19.6 Å². The molecule has 2 aliphatic rings. The number of nitrogens with zero attached hydrogens (tertiary/aromatic N) is 3. The van der Waals surface area contributed by atoms with E-state index in [9.17, 15) is 4.79 Å². The molecule has 1 aliphatic heterocycles. The van der Waals surface area contributed by atoms with Crippen LogP contribution in [0.5, 0.6) is 0 Å². The van der Waals surface area contributed by atoms with Gasteiger partial charge < -0.3 is 20.3 Å². The zero-order valence-electron chi connectivity index (χ0n) is 19.4. The third-order valence-corrected chi connectivity index (χ3v) is 6.21. The van der Waals surface area contributed by atoms with E-state index in [0.29, 0.717) is 17.9 Å². The monoisotopic (exact) mass is 457 g/mol. The van der Waals surface area contributed by atoms with Crippen LogP contribution in [-0.2, 0) is 16.0 Å². The number of nitrogens with one attached hydrogen (secondary N) is 2. The minimum absolute atomic E-state index is 0.0426. The molecule has 7 heteroatoms. The van der Waals surface area contributed by atoms with E-state index in [0.717, 1.165) is 68.9 Å². The van der Waals surface area contributed by atoms with E-state index >= 15 is 0 Å². The summed E-state index contributed by atoms with van der Waals surface area (Å²) < 4.78 is 5.41. The third-order valence-electron chi connectivity index (χ3n) is 6.21. The minimum atomic E-state index is -0.258. The predicted molar refractivity (Wildman–Crippen MR) is 134 cm³/mol. The maximum absolute atomic E-state index is 13.2. The lowest BCUT2D eigenvalue weighted by Gasteiger charge is -2.28. The molecule has 2 N–H and O–H groups in total. The Balaban J connectivity index is 1.34. The maximum Gasteiger partial charge on any atom is 0.234 e. The van der Waals surface area contributed by atoms with E-state index in [-0.39, 0.29) is 11.8 Å². The van der Waals surface area contributed by atoms with Crippen molar-refractivity contribution >= 4 is 17.4 Å². The highest BCUT2D eigenvalue weighted by molar-refractivity contribution is 5.94. The highest BCUT2D eigenvalue weighted by Crippen LogP contribution is 2.23. The molecule has 7 nitrogen and oxygen atoms in total. The summed E-state index contributed by atoms with van der Waals surface area (Å²) in [7, 11) is 0. The number of carbonyl (C=O) groups is 1. The van der Waals surface area contributed by atoms with Crippen LogP contribution in [-0.4, -0.2) is 50.3 Å². The number of hydrogen-bond acceptors (Lipinski definition) is 6. The van der Waals surface area contributed by atoms with Crippen molar-refractivity contribution in [2.75, 3.05) is 49.6 Å². The SMILES string of the molecule is N#Cc1ccc(CCNCC(C(=O)Nc2ccc(N3CCOCC3)cn2)C2=CC=CCC2)cc1. The Bertz CT molecular complexity index is 1050. The number of ether oxygens (including phenoxy) is 1. The summed E-state index contributed by atoms with van der Waals surface area (Å²) in [6.45, 7) is 4.47. The van der Waals surface area contributed by atoms with Crippen molar-refractivity contribution < 1.29 is 9.53 Å². The van der Waals surface area contributed by atoms with E-state index in [1.807, 2.05) is 48.7 Å². The smallest absolute Gasteiger partial charge is 0.234 e. The van der Waals surface area contributed by atoms with Crippen LogP contribution in [0.3, 0.4) is 0 Å². The molecule has 0 spiro atoms. The van der Waals surface area contributed by atoms with E-state index in [1.165, 1.54) is 0 Å². The van der Waals surface area contributed by atoms with Crippen molar-refractivity contribution in [1.29, 1.82) is 5.26 Å². The van der Waals surface area contributed by atoms with Gasteiger partial charge in [-0.05, 0) is 55.6 Å². The molecule has 1 atom stereocenters. The fraction of sp³-hybridized carbons (Fsp3) is 0.370. The van der Waals surface area contributed by atoms with Gasteiger partial charge in [0.1, 0.15) is 5.82 Å². The first-order valence-corrected chi connectivity index (χ1v) is 11.9. The Kier molecular flexibility index (Phi) is 8.44. The second-order valence-corrected chi connectivity index (χ2v) is 8.51. The molecule has 1 unspecified atom stereocenters. The van der Waals surface area contributed by atoms with Gasteiger partial charge in [-0.3, -0.25) is 4.79 Å². The number of nitriles is 1. The van der Waals surface area contributed by atoms with Crippen molar-refractivity contribution in [3.05, 3.63) is 77.5 Å². The van der Waals surface area contributed by atoms with Crippen molar-refractivity contribution in [3.8, 4) is 6.07 Å². The zero-order chi connectivity index (χ0) is 23.6. The number of benzene rings is 1. The molecule has 0 saturated carbocycles. The van der Waals surface area contributed by atoms with Gasteiger partial charge >= 0.3 is 0 Å². The number of allylic oxidation sites excluding steroid dienone is 3. The maximum atomic E-state index is 13.2. The number of rotatable bonds is 9. The van der Waals surface area contributed by atoms with E-state index in [4.69, 9.17) is 10.00 Å². The third kappa shape index (κ3) is 6.53. The molecular formula is C27H31N5O2. The van der Waals surface area contributed by atoms with Gasteiger partial charge in [-0.1, -0.05) is 35.9 Å². The zero-order valence-corrected chi connectivity index (χ0v) is 19.4. The molecule has 1 fully saturated rings. The molecule has 2 aromatic rings. The summed E-state index contributed by atoms with van der Waals surface area (Å²) in [4.78, 5) is 19.9. The van der Waals surface area contributed by atoms with Crippen molar-refractivity contribution in [1.82, 2.24) is 10.3 Å². The van der Waals surface area contributed by atoms with Gasteiger partial charge in [0.2, 0.25) is 5.91 Å². The first-order valence-electron chi connectivity index (χ1n) is 11.9. The predicted octanol–water partition coefficient (Wildman–Crippen LogP) is 3.45. The summed E-state index contributed by atoms with van der Waals surface area (Å²) in [6.07, 6.45) is 10.7. The largest absolute Gasteiger partial charge is 0.378 e. The molecule has 0 bridgehead atoms. The number of anilines is 2. The number of morpholine rings is 1. The van der Waals surface area contributed by atoms with Gasteiger partial charge in [-0.15, -0.1) is 0 Å². The molecule has 1 aromatic carbocycles. The summed E-state index contributed by atoms with van der Waals surface area (Å²) in [6, 6.07) is 13.6. The van der Waals surface area contributed by atoms with Crippen LogP contribution in [0.4, 0.5) is 11.5 Å². The van der Waals surface area contributed by atoms with Crippen molar-refractivity contribution in [2.45, 2.75) is 19.3 Å². The number of pyridine rings is 1. The molecule has 2 heterocycles. The lowest BCUT2D eigenvalue weighted by atomic mass is 9.91. The fourth-order valence-corrected chi connectivity index (χ4v) is 4.21. The molecule has 1 aromatic heterocycles. The molecule has 1 aliphatic carbocycles. The molecule has 4 rings (SSSR count). The Hall–Kier alpha value is -3.47. The van der Waals surface area contributed by atoms with Gasteiger partial charge in [-0.2, -0.15) is 5.26 Å². The van der Waals surface area contributed by atoms with Crippen molar-refractivity contribution in [3.63, 3.8) is 0 Å². The topological polar surface area (TPSA) is 90.3 Å². The first kappa shape index (κ1) is 23.7. The first-order chi connectivity index (χ1) is 16.7. The Morgan fingerprint density at radius 1 is 1.18 bits per heavy atom. The summed E-state index contributed by atoms with van der Waals surface area (Å²) in [5.74, 6) is 0.266. The standard InChI is InChI=1S/C27H31N5O2/c28-18-22-8-6-21(7-9-22)12-13-29-20-25(23-4-2-1-3-5-23)27(33)31-26-11-10-24(19-30-26)32-14-16-34-17-15-32/h1-2,4,6-11,19,25,29H,3,5,12-17,20H2,(H,30,31,33). The molecular weight excluding hydrogens is 426 g/mol. The summed E-state index contributed by atoms with van der Waals surface area (Å²) in [5, 5.41) is 15.4. The Morgan fingerprint density at radius 3 is 2.68 bits per heavy atom. The second kappa shape index (κ2) is 12.1. The summed E-state index contributed by atoms with van der Waals surface area (Å²) >= 11 is 0. The number of hydrogen-bond donors (Lipinski definition) is 2. The normalized spacial score (nSPS) is 16.4. The quantitative estimate of drug-likeness (QED) is 0.561. The van der Waals surface area contributed by atoms with Gasteiger partial charge in [0.15, 0.2) is 0 Å². The molecule has 176 valence electrons. The van der Waals surface area contributed by atoms with Crippen LogP contribution >= 0.6 is 0 Å². The van der Waals surface area contributed by atoms with Crippen LogP contribution in [0.1, 0.15) is 24.0 Å². The van der Waals surface area contributed by atoms with Gasteiger partial charge in [0.25, 0.3) is 0 Å².